The zero-order chi connectivity index (χ0) is 8.27. The van der Waals surface area contributed by atoms with E-state index in [-0.39, 0.29) is 0 Å². The summed E-state index contributed by atoms with van der Waals surface area (Å²) in [4.78, 5) is 0. The van der Waals surface area contributed by atoms with Crippen molar-refractivity contribution in [2.45, 2.75) is 11.9 Å². The summed E-state index contributed by atoms with van der Waals surface area (Å²) in [6.45, 7) is 0. The maximum Gasteiger partial charge on any atom is 0.100 e. The molecule has 1 aromatic rings. The fourth-order valence-corrected chi connectivity index (χ4v) is 1.31. The first-order valence-electron chi connectivity index (χ1n) is 3.29. The number of benzene rings is 1. The average molecular weight is 233 g/mol. The Morgan fingerprint density at radius 3 is 2.36 bits per heavy atom. The molecule has 0 bridgehead atoms. The molecule has 60 valence electrons. The van der Waals surface area contributed by atoms with Crippen LogP contribution >= 0.6 is 28.6 Å². The Morgan fingerprint density at radius 1 is 1.36 bits per heavy atom. The van der Waals surface area contributed by atoms with Crippen molar-refractivity contribution in [2.24, 2.45) is 0 Å². The second kappa shape index (κ2) is 4.14. The van der Waals surface area contributed by atoms with Crippen LogP contribution in [-0.2, 0) is 6.42 Å². The molecular formula is C8H9BrOS. The third-order valence-electron chi connectivity index (χ3n) is 1.33. The van der Waals surface area contributed by atoms with Crippen molar-refractivity contribution in [1.29, 1.82) is 0 Å². The van der Waals surface area contributed by atoms with Crippen LogP contribution in [-0.4, -0.2) is 10.5 Å². The normalized spacial score (nSPS) is 13.0. The van der Waals surface area contributed by atoms with Gasteiger partial charge < -0.3 is 5.11 Å². The monoisotopic (exact) mass is 232 g/mol. The molecule has 0 fully saturated rings. The lowest BCUT2D eigenvalue weighted by Gasteiger charge is -2.02. The third kappa shape index (κ3) is 3.27. The number of rotatable bonds is 2. The molecule has 3 heteroatoms. The smallest absolute Gasteiger partial charge is 0.100 e. The number of aliphatic hydroxyl groups is 1. The molecule has 1 nitrogen and oxygen atoms in total. The van der Waals surface area contributed by atoms with Crippen LogP contribution < -0.4 is 0 Å². The molecule has 1 atom stereocenters. The minimum absolute atomic E-state index is 0.559. The summed E-state index contributed by atoms with van der Waals surface area (Å²) in [6.07, 6.45) is 0.594. The van der Waals surface area contributed by atoms with Gasteiger partial charge in [0.25, 0.3) is 0 Å². The van der Waals surface area contributed by atoms with Crippen molar-refractivity contribution in [1.82, 2.24) is 0 Å². The summed E-state index contributed by atoms with van der Waals surface area (Å²) in [5.74, 6) is 0. The van der Waals surface area contributed by atoms with Gasteiger partial charge >= 0.3 is 0 Å². The van der Waals surface area contributed by atoms with E-state index >= 15 is 0 Å². The van der Waals surface area contributed by atoms with E-state index in [2.05, 4.69) is 28.6 Å². The highest BCUT2D eigenvalue weighted by atomic mass is 79.9. The fraction of sp³-hybridized carbons (Fsp3) is 0.250. The predicted octanol–water partition coefficient (Wildman–Crippen LogP) is 2.24. The number of aliphatic hydroxyl groups excluding tert-OH is 1. The van der Waals surface area contributed by atoms with Crippen molar-refractivity contribution in [3.05, 3.63) is 34.3 Å². The van der Waals surface area contributed by atoms with E-state index in [4.69, 9.17) is 5.11 Å². The van der Waals surface area contributed by atoms with Crippen molar-refractivity contribution in [3.8, 4) is 0 Å². The lowest BCUT2D eigenvalue weighted by atomic mass is 10.2. The Bertz CT molecular complexity index is 220. The van der Waals surface area contributed by atoms with Crippen molar-refractivity contribution >= 4 is 28.6 Å². The zero-order valence-electron chi connectivity index (χ0n) is 5.87. The highest BCUT2D eigenvalue weighted by molar-refractivity contribution is 9.10. The van der Waals surface area contributed by atoms with Gasteiger partial charge in [0, 0.05) is 10.9 Å². The van der Waals surface area contributed by atoms with E-state index in [0.717, 1.165) is 10.0 Å². The molecular weight excluding hydrogens is 224 g/mol. The summed E-state index contributed by atoms with van der Waals surface area (Å²) in [6, 6.07) is 7.82. The molecule has 0 aliphatic rings. The summed E-state index contributed by atoms with van der Waals surface area (Å²) in [7, 11) is 0. The standard InChI is InChI=1S/C8H9BrOS/c9-7-3-1-6(2-4-7)5-8(10)11/h1-4,8,10-11H,5H2. The van der Waals surface area contributed by atoms with Gasteiger partial charge in [0.15, 0.2) is 0 Å². The van der Waals surface area contributed by atoms with E-state index < -0.39 is 5.44 Å². The van der Waals surface area contributed by atoms with Crippen LogP contribution in [0.15, 0.2) is 28.7 Å². The SMILES string of the molecule is OC(S)Cc1ccc(Br)cc1. The van der Waals surface area contributed by atoms with Gasteiger partial charge in [0.1, 0.15) is 5.44 Å². The van der Waals surface area contributed by atoms with Crippen LogP contribution in [0.4, 0.5) is 0 Å². The molecule has 0 aliphatic heterocycles. The molecule has 0 heterocycles. The molecule has 1 aromatic carbocycles. The molecule has 0 spiro atoms. The first-order chi connectivity index (χ1) is 5.18. The molecule has 0 amide bonds. The van der Waals surface area contributed by atoms with Crippen LogP contribution in [0.5, 0.6) is 0 Å². The van der Waals surface area contributed by atoms with Crippen molar-refractivity contribution in [3.63, 3.8) is 0 Å². The minimum atomic E-state index is -0.559. The van der Waals surface area contributed by atoms with Crippen LogP contribution in [0.3, 0.4) is 0 Å². The molecule has 1 rings (SSSR count). The summed E-state index contributed by atoms with van der Waals surface area (Å²) >= 11 is 7.21. The van der Waals surface area contributed by atoms with Crippen molar-refractivity contribution < 1.29 is 5.11 Å². The summed E-state index contributed by atoms with van der Waals surface area (Å²) in [5.41, 5.74) is 0.534. The van der Waals surface area contributed by atoms with Gasteiger partial charge in [-0.1, -0.05) is 28.1 Å². The highest BCUT2D eigenvalue weighted by Crippen LogP contribution is 2.12. The van der Waals surface area contributed by atoms with Crippen LogP contribution in [0.1, 0.15) is 5.56 Å². The molecule has 1 N–H and O–H groups in total. The van der Waals surface area contributed by atoms with E-state index in [1.54, 1.807) is 0 Å². The summed E-state index contributed by atoms with van der Waals surface area (Å²) in [5, 5.41) is 8.93. The van der Waals surface area contributed by atoms with E-state index in [1.807, 2.05) is 24.3 Å². The third-order valence-corrected chi connectivity index (χ3v) is 2.04. The minimum Gasteiger partial charge on any atom is -0.382 e. The molecule has 0 aliphatic carbocycles. The van der Waals surface area contributed by atoms with Crippen LogP contribution in [0, 0.1) is 0 Å². The van der Waals surface area contributed by atoms with E-state index in [0.29, 0.717) is 6.42 Å². The Morgan fingerprint density at radius 2 is 1.91 bits per heavy atom. The maximum atomic E-state index is 8.93. The van der Waals surface area contributed by atoms with E-state index in [9.17, 15) is 0 Å². The Kier molecular flexibility index (Phi) is 3.43. The second-order valence-corrected chi connectivity index (χ2v) is 3.82. The number of hydrogen-bond acceptors (Lipinski definition) is 2. The quantitative estimate of drug-likeness (QED) is 0.593. The molecule has 0 saturated carbocycles. The van der Waals surface area contributed by atoms with Gasteiger partial charge in [-0.3, -0.25) is 0 Å². The Balaban J connectivity index is 2.66. The first kappa shape index (κ1) is 9.10. The number of thiol groups is 1. The van der Waals surface area contributed by atoms with Crippen molar-refractivity contribution in [2.75, 3.05) is 0 Å². The highest BCUT2D eigenvalue weighted by Gasteiger charge is 1.97. The summed E-state index contributed by atoms with van der Waals surface area (Å²) < 4.78 is 1.05. The van der Waals surface area contributed by atoms with Gasteiger partial charge in [-0.25, -0.2) is 0 Å². The lowest BCUT2D eigenvalue weighted by molar-refractivity contribution is 0.266. The lowest BCUT2D eigenvalue weighted by Crippen LogP contribution is -2.00. The Hall–Kier alpha value is 0.01000. The first-order valence-corrected chi connectivity index (χ1v) is 4.60. The Labute approximate surface area is 80.0 Å². The number of halogens is 1. The topological polar surface area (TPSA) is 20.2 Å². The van der Waals surface area contributed by atoms with Gasteiger partial charge in [0.05, 0.1) is 0 Å². The fourth-order valence-electron chi connectivity index (χ4n) is 0.831. The molecule has 1 unspecified atom stereocenters. The number of hydrogen-bond donors (Lipinski definition) is 2. The molecule has 0 saturated heterocycles. The predicted molar refractivity (Wildman–Crippen MR) is 52.8 cm³/mol. The largest absolute Gasteiger partial charge is 0.382 e. The van der Waals surface area contributed by atoms with E-state index in [1.165, 1.54) is 0 Å². The molecule has 11 heavy (non-hydrogen) atoms. The average Bonchev–Trinajstić information content (AvgIpc) is 1.93. The van der Waals surface area contributed by atoms with Gasteiger partial charge in [0.2, 0.25) is 0 Å². The van der Waals surface area contributed by atoms with Gasteiger partial charge in [-0.15, -0.1) is 12.6 Å². The maximum absolute atomic E-state index is 8.93. The van der Waals surface area contributed by atoms with Crippen LogP contribution in [0.25, 0.3) is 0 Å². The zero-order valence-corrected chi connectivity index (χ0v) is 8.35. The molecule has 0 aromatic heterocycles. The second-order valence-electron chi connectivity index (χ2n) is 2.31. The van der Waals surface area contributed by atoms with Gasteiger partial charge in [-0.05, 0) is 17.7 Å². The van der Waals surface area contributed by atoms with Crippen LogP contribution in [0.2, 0.25) is 0 Å². The van der Waals surface area contributed by atoms with Gasteiger partial charge in [-0.2, -0.15) is 0 Å². The molecule has 0 radical (unpaired) electrons.